The minimum absolute atomic E-state index is 0.102. The summed E-state index contributed by atoms with van der Waals surface area (Å²) in [6, 6.07) is 5.60. The Labute approximate surface area is 130 Å². The lowest BCUT2D eigenvalue weighted by atomic mass is 9.76. The van der Waals surface area contributed by atoms with E-state index in [4.69, 9.17) is 10.8 Å². The zero-order valence-electron chi connectivity index (χ0n) is 13.3. The summed E-state index contributed by atoms with van der Waals surface area (Å²) in [6.07, 6.45) is 0.102. The summed E-state index contributed by atoms with van der Waals surface area (Å²) in [4.78, 5) is 30.6. The molecule has 6 nitrogen and oxygen atoms in total. The minimum Gasteiger partial charge on any atom is -0.480 e. The lowest BCUT2D eigenvalue weighted by molar-refractivity contribution is -0.138. The van der Waals surface area contributed by atoms with Gasteiger partial charge in [-0.15, -0.1) is 0 Å². The SMILES string of the molecule is CC(C)(C)C(C)(c1cccc(C[C@H](N)C(=O)O)c1)P(=O)(O)O. The molecule has 1 aromatic rings. The first kappa shape index (κ1) is 18.8. The van der Waals surface area contributed by atoms with E-state index >= 15 is 0 Å². The quantitative estimate of drug-likeness (QED) is 0.614. The lowest BCUT2D eigenvalue weighted by Crippen LogP contribution is -2.37. The number of carboxylic acid groups (broad SMARTS) is 1. The van der Waals surface area contributed by atoms with E-state index in [1.807, 2.05) is 0 Å². The van der Waals surface area contributed by atoms with Crippen LogP contribution in [0.3, 0.4) is 0 Å². The van der Waals surface area contributed by atoms with E-state index in [0.717, 1.165) is 0 Å². The summed E-state index contributed by atoms with van der Waals surface area (Å²) in [6.45, 7) is 6.83. The molecule has 0 bridgehead atoms. The van der Waals surface area contributed by atoms with Gasteiger partial charge in [0.2, 0.25) is 0 Å². The maximum absolute atomic E-state index is 12.1. The number of carboxylic acids is 1. The Morgan fingerprint density at radius 1 is 1.27 bits per heavy atom. The molecule has 0 aliphatic rings. The van der Waals surface area contributed by atoms with Crippen molar-refractivity contribution in [2.24, 2.45) is 11.1 Å². The average molecular weight is 329 g/mol. The van der Waals surface area contributed by atoms with E-state index < -0.39 is 30.2 Å². The maximum Gasteiger partial charge on any atom is 0.336 e. The highest BCUT2D eigenvalue weighted by atomic mass is 31.2. The van der Waals surface area contributed by atoms with E-state index in [9.17, 15) is 19.1 Å². The third kappa shape index (κ3) is 3.58. The third-order valence-electron chi connectivity index (χ3n) is 4.30. The Bertz CT molecular complexity index is 604. The Hall–Kier alpha value is -1.20. The fourth-order valence-electron chi connectivity index (χ4n) is 2.38. The molecule has 0 saturated carbocycles. The normalized spacial score (nSPS) is 16.9. The fraction of sp³-hybridized carbons (Fsp3) is 0.533. The number of nitrogens with two attached hydrogens (primary N) is 1. The van der Waals surface area contributed by atoms with Crippen LogP contribution in [-0.2, 0) is 20.9 Å². The molecule has 22 heavy (non-hydrogen) atoms. The lowest BCUT2D eigenvalue weighted by Gasteiger charge is -2.42. The van der Waals surface area contributed by atoms with Crippen molar-refractivity contribution in [2.45, 2.75) is 45.3 Å². The molecule has 0 heterocycles. The molecule has 0 spiro atoms. The molecule has 1 aromatic carbocycles. The van der Waals surface area contributed by atoms with Gasteiger partial charge in [-0.2, -0.15) is 0 Å². The summed E-state index contributed by atoms with van der Waals surface area (Å²) in [5.41, 5.74) is 5.94. The number of hydrogen-bond acceptors (Lipinski definition) is 3. The molecule has 124 valence electrons. The predicted molar refractivity (Wildman–Crippen MR) is 84.6 cm³/mol. The van der Waals surface area contributed by atoms with Crippen LogP contribution in [0.1, 0.15) is 38.8 Å². The van der Waals surface area contributed by atoms with Crippen molar-refractivity contribution >= 4 is 13.6 Å². The summed E-state index contributed by atoms with van der Waals surface area (Å²) in [7, 11) is -4.45. The molecule has 0 saturated heterocycles. The fourth-order valence-corrected chi connectivity index (χ4v) is 3.73. The van der Waals surface area contributed by atoms with E-state index in [1.54, 1.807) is 45.0 Å². The molecule has 7 heteroatoms. The minimum atomic E-state index is -4.45. The molecule has 0 radical (unpaired) electrons. The first-order valence-corrected chi connectivity index (χ1v) is 8.55. The van der Waals surface area contributed by atoms with Crippen LogP contribution < -0.4 is 5.73 Å². The van der Waals surface area contributed by atoms with E-state index in [-0.39, 0.29) is 6.42 Å². The van der Waals surface area contributed by atoms with E-state index in [0.29, 0.717) is 11.1 Å². The van der Waals surface area contributed by atoms with Gasteiger partial charge < -0.3 is 20.6 Å². The standard InChI is InChI=1S/C15H24NO5P/c1-14(2,3)15(4,22(19,20)21)11-7-5-6-10(8-11)9-12(16)13(17)18/h5-8,12H,9,16H2,1-4H3,(H,17,18)(H2,19,20,21)/t12-,15?/m0/s1. The number of rotatable bonds is 5. The molecule has 0 amide bonds. The van der Waals surface area contributed by atoms with Crippen molar-refractivity contribution in [1.29, 1.82) is 0 Å². The van der Waals surface area contributed by atoms with E-state index in [2.05, 4.69) is 0 Å². The van der Waals surface area contributed by atoms with Crippen molar-refractivity contribution < 1.29 is 24.3 Å². The summed E-state index contributed by atoms with van der Waals surface area (Å²) < 4.78 is 12.1. The Kier molecular flexibility index (Phi) is 5.25. The molecule has 5 N–H and O–H groups in total. The van der Waals surface area contributed by atoms with Crippen LogP contribution in [0.2, 0.25) is 0 Å². The van der Waals surface area contributed by atoms with Gasteiger partial charge in [-0.05, 0) is 29.9 Å². The van der Waals surface area contributed by atoms with Crippen LogP contribution in [0.4, 0.5) is 0 Å². The molecule has 1 unspecified atom stereocenters. The van der Waals surface area contributed by atoms with Crippen molar-refractivity contribution in [1.82, 2.24) is 0 Å². The monoisotopic (exact) mass is 329 g/mol. The molecule has 0 aliphatic carbocycles. The first-order valence-electron chi connectivity index (χ1n) is 6.94. The van der Waals surface area contributed by atoms with Crippen LogP contribution in [0, 0.1) is 5.41 Å². The molecule has 0 aromatic heterocycles. The van der Waals surface area contributed by atoms with Gasteiger partial charge in [0, 0.05) is 0 Å². The molecule has 1 rings (SSSR count). The number of carbonyl (C=O) groups is 1. The highest BCUT2D eigenvalue weighted by Crippen LogP contribution is 2.64. The van der Waals surface area contributed by atoms with Gasteiger partial charge in [0.1, 0.15) is 6.04 Å². The summed E-state index contributed by atoms with van der Waals surface area (Å²) >= 11 is 0. The predicted octanol–water partition coefficient (Wildman–Crippen LogP) is 2.08. The summed E-state index contributed by atoms with van der Waals surface area (Å²) in [5, 5.41) is 7.50. The second-order valence-corrected chi connectivity index (χ2v) is 8.70. The van der Waals surface area contributed by atoms with Crippen LogP contribution in [0.25, 0.3) is 0 Å². The Balaban J connectivity index is 3.36. The first-order chi connectivity index (χ1) is 9.80. The highest BCUT2D eigenvalue weighted by Gasteiger charge is 2.52. The molecule has 0 fully saturated rings. The van der Waals surface area contributed by atoms with Crippen molar-refractivity contribution in [3.63, 3.8) is 0 Å². The molecule has 2 atom stereocenters. The van der Waals surface area contributed by atoms with Crippen LogP contribution in [0.5, 0.6) is 0 Å². The Morgan fingerprint density at radius 2 is 1.82 bits per heavy atom. The van der Waals surface area contributed by atoms with Crippen LogP contribution in [0.15, 0.2) is 24.3 Å². The summed E-state index contributed by atoms with van der Waals surface area (Å²) in [5.74, 6) is -1.11. The van der Waals surface area contributed by atoms with Crippen molar-refractivity contribution in [3.8, 4) is 0 Å². The topological polar surface area (TPSA) is 121 Å². The maximum atomic E-state index is 12.1. The highest BCUT2D eigenvalue weighted by molar-refractivity contribution is 7.53. The number of benzene rings is 1. The van der Waals surface area contributed by atoms with Gasteiger partial charge in [-0.3, -0.25) is 9.36 Å². The van der Waals surface area contributed by atoms with Gasteiger partial charge in [-0.1, -0.05) is 45.0 Å². The second-order valence-electron chi connectivity index (χ2n) is 6.72. The second kappa shape index (κ2) is 6.13. The van der Waals surface area contributed by atoms with Gasteiger partial charge in [0.25, 0.3) is 0 Å². The zero-order valence-corrected chi connectivity index (χ0v) is 14.2. The van der Waals surface area contributed by atoms with Gasteiger partial charge in [-0.25, -0.2) is 0 Å². The van der Waals surface area contributed by atoms with Crippen molar-refractivity contribution in [3.05, 3.63) is 35.4 Å². The zero-order chi connectivity index (χ0) is 17.3. The van der Waals surface area contributed by atoms with Gasteiger partial charge >= 0.3 is 13.6 Å². The van der Waals surface area contributed by atoms with Crippen LogP contribution >= 0.6 is 7.60 Å². The van der Waals surface area contributed by atoms with Gasteiger partial charge in [0.15, 0.2) is 0 Å². The number of aliphatic carboxylic acids is 1. The third-order valence-corrected chi connectivity index (χ3v) is 6.40. The van der Waals surface area contributed by atoms with E-state index in [1.165, 1.54) is 6.92 Å². The van der Waals surface area contributed by atoms with Gasteiger partial charge in [0.05, 0.1) is 5.16 Å². The Morgan fingerprint density at radius 3 is 2.23 bits per heavy atom. The smallest absolute Gasteiger partial charge is 0.336 e. The molecular weight excluding hydrogens is 305 g/mol. The van der Waals surface area contributed by atoms with Crippen LogP contribution in [-0.4, -0.2) is 26.9 Å². The molecular formula is C15H24NO5P. The van der Waals surface area contributed by atoms with Crippen molar-refractivity contribution in [2.75, 3.05) is 0 Å². The largest absolute Gasteiger partial charge is 0.480 e. The number of hydrogen-bond donors (Lipinski definition) is 4. The molecule has 0 aliphatic heterocycles. The average Bonchev–Trinajstić information content (AvgIpc) is 2.35.